The van der Waals surface area contributed by atoms with Crippen LogP contribution in [0.4, 0.5) is 0 Å². The molecule has 0 aromatic heterocycles. The molecule has 0 bridgehead atoms. The van der Waals surface area contributed by atoms with Crippen LogP contribution in [0.2, 0.25) is 0 Å². The molecule has 0 saturated carbocycles. The number of rotatable bonds is 9. The van der Waals surface area contributed by atoms with Gasteiger partial charge in [-0.25, -0.2) is 4.79 Å². The molecule has 0 amide bonds. The molecule has 0 aliphatic carbocycles. The highest BCUT2D eigenvalue weighted by Gasteiger charge is 2.16. The maximum atomic E-state index is 11.9. The quantitative estimate of drug-likeness (QED) is 0.496. The molecule has 1 rings (SSSR count). The highest BCUT2D eigenvalue weighted by molar-refractivity contribution is 5.74. The van der Waals surface area contributed by atoms with Gasteiger partial charge in [0.15, 0.2) is 6.10 Å². The van der Waals surface area contributed by atoms with Crippen molar-refractivity contribution in [2.75, 3.05) is 6.61 Å². The third-order valence-corrected chi connectivity index (χ3v) is 3.40. The monoisotopic (exact) mass is 292 g/mol. The van der Waals surface area contributed by atoms with Crippen molar-refractivity contribution in [1.82, 2.24) is 0 Å². The first-order valence-electron chi connectivity index (χ1n) is 7.89. The third-order valence-electron chi connectivity index (χ3n) is 3.40. The topological polar surface area (TPSA) is 35.5 Å². The number of unbranched alkanes of at least 4 members (excludes halogenated alkanes) is 2. The number of esters is 1. The van der Waals surface area contributed by atoms with Crippen LogP contribution >= 0.6 is 0 Å². The second-order valence-electron chi connectivity index (χ2n) is 5.94. The van der Waals surface area contributed by atoms with Gasteiger partial charge in [0.1, 0.15) is 5.75 Å². The summed E-state index contributed by atoms with van der Waals surface area (Å²) in [5.74, 6) is 1.19. The van der Waals surface area contributed by atoms with Gasteiger partial charge in [-0.2, -0.15) is 0 Å². The van der Waals surface area contributed by atoms with Crippen LogP contribution in [0.5, 0.6) is 5.75 Å². The normalized spacial score (nSPS) is 12.2. The molecule has 0 saturated heterocycles. The summed E-state index contributed by atoms with van der Waals surface area (Å²) in [5, 5.41) is 0. The molecule has 0 spiro atoms. The van der Waals surface area contributed by atoms with Crippen LogP contribution in [0.3, 0.4) is 0 Å². The number of hydrogen-bond donors (Lipinski definition) is 0. The first kappa shape index (κ1) is 17.5. The molecule has 21 heavy (non-hydrogen) atoms. The van der Waals surface area contributed by atoms with E-state index in [-0.39, 0.29) is 5.97 Å². The lowest BCUT2D eigenvalue weighted by Crippen LogP contribution is -2.26. The predicted octanol–water partition coefficient (Wildman–Crippen LogP) is 4.52. The average Bonchev–Trinajstić information content (AvgIpc) is 2.44. The van der Waals surface area contributed by atoms with Crippen molar-refractivity contribution in [2.24, 2.45) is 5.92 Å². The molecule has 1 unspecified atom stereocenters. The highest BCUT2D eigenvalue weighted by Crippen LogP contribution is 2.18. The maximum absolute atomic E-state index is 11.9. The molecule has 1 aromatic carbocycles. The van der Waals surface area contributed by atoms with Gasteiger partial charge in [-0.15, -0.1) is 0 Å². The van der Waals surface area contributed by atoms with E-state index in [9.17, 15) is 4.79 Å². The Morgan fingerprint density at radius 3 is 2.48 bits per heavy atom. The summed E-state index contributed by atoms with van der Waals surface area (Å²) in [5.41, 5.74) is 1.02. The lowest BCUT2D eigenvalue weighted by molar-refractivity contribution is -0.151. The zero-order valence-corrected chi connectivity index (χ0v) is 13.7. The number of benzene rings is 1. The molecule has 1 aromatic rings. The van der Waals surface area contributed by atoms with Crippen LogP contribution in [0.15, 0.2) is 24.3 Å². The number of aryl methyl sites for hydroxylation is 1. The van der Waals surface area contributed by atoms with Gasteiger partial charge in [-0.05, 0) is 37.8 Å². The molecular formula is C18H28O3. The van der Waals surface area contributed by atoms with E-state index in [1.807, 2.05) is 31.2 Å². The van der Waals surface area contributed by atoms with Gasteiger partial charge in [-0.1, -0.05) is 51.3 Å². The molecule has 0 aliphatic rings. The van der Waals surface area contributed by atoms with Crippen molar-refractivity contribution in [3.63, 3.8) is 0 Å². The minimum absolute atomic E-state index is 0.290. The van der Waals surface area contributed by atoms with Crippen molar-refractivity contribution in [3.05, 3.63) is 29.8 Å². The zero-order chi connectivity index (χ0) is 15.7. The summed E-state index contributed by atoms with van der Waals surface area (Å²) < 4.78 is 10.9. The summed E-state index contributed by atoms with van der Waals surface area (Å²) in [6, 6.07) is 7.67. The van der Waals surface area contributed by atoms with Crippen LogP contribution in [0, 0.1) is 12.8 Å². The molecule has 0 aliphatic heterocycles. The van der Waals surface area contributed by atoms with Crippen LogP contribution in [0.1, 0.15) is 52.0 Å². The Morgan fingerprint density at radius 2 is 1.81 bits per heavy atom. The Balaban J connectivity index is 2.21. The van der Waals surface area contributed by atoms with Gasteiger partial charge >= 0.3 is 5.97 Å². The Morgan fingerprint density at radius 1 is 1.10 bits per heavy atom. The molecule has 0 N–H and O–H groups in total. The lowest BCUT2D eigenvalue weighted by atomic mass is 10.1. The molecule has 0 radical (unpaired) electrons. The van der Waals surface area contributed by atoms with E-state index < -0.39 is 6.10 Å². The Labute approximate surface area is 128 Å². The van der Waals surface area contributed by atoms with Gasteiger partial charge in [0.25, 0.3) is 0 Å². The summed E-state index contributed by atoms with van der Waals surface area (Å²) in [7, 11) is 0. The van der Waals surface area contributed by atoms with Crippen LogP contribution in [-0.4, -0.2) is 18.7 Å². The smallest absolute Gasteiger partial charge is 0.347 e. The summed E-state index contributed by atoms with van der Waals surface area (Å²) in [6.07, 6.45) is 3.90. The van der Waals surface area contributed by atoms with E-state index in [0.717, 1.165) is 30.1 Å². The Hall–Kier alpha value is -1.51. The summed E-state index contributed by atoms with van der Waals surface area (Å²) in [6.45, 7) is 8.63. The van der Waals surface area contributed by atoms with Crippen LogP contribution in [0.25, 0.3) is 0 Å². The third kappa shape index (κ3) is 7.16. The summed E-state index contributed by atoms with van der Waals surface area (Å²) >= 11 is 0. The fourth-order valence-electron chi connectivity index (χ4n) is 2.05. The number of ether oxygens (including phenoxy) is 2. The van der Waals surface area contributed by atoms with Crippen LogP contribution < -0.4 is 4.74 Å². The second-order valence-corrected chi connectivity index (χ2v) is 5.94. The molecule has 0 heterocycles. The van der Waals surface area contributed by atoms with Crippen molar-refractivity contribution in [2.45, 2.75) is 59.5 Å². The minimum Gasteiger partial charge on any atom is -0.479 e. The fourth-order valence-corrected chi connectivity index (χ4v) is 2.05. The van der Waals surface area contributed by atoms with Gasteiger partial charge in [0.05, 0.1) is 6.61 Å². The van der Waals surface area contributed by atoms with E-state index >= 15 is 0 Å². The molecular weight excluding hydrogens is 264 g/mol. The molecule has 3 nitrogen and oxygen atoms in total. The number of hydrogen-bond acceptors (Lipinski definition) is 3. The van der Waals surface area contributed by atoms with Crippen molar-refractivity contribution < 1.29 is 14.3 Å². The predicted molar refractivity (Wildman–Crippen MR) is 85.5 cm³/mol. The first-order valence-corrected chi connectivity index (χ1v) is 7.89. The Bertz CT molecular complexity index is 426. The van der Waals surface area contributed by atoms with Crippen molar-refractivity contribution >= 4 is 5.97 Å². The minimum atomic E-state index is -0.568. The largest absolute Gasteiger partial charge is 0.479 e. The van der Waals surface area contributed by atoms with Gasteiger partial charge in [-0.3, -0.25) is 0 Å². The number of para-hydroxylation sites is 1. The zero-order valence-electron chi connectivity index (χ0n) is 13.7. The Kier molecular flexibility index (Phi) is 7.88. The maximum Gasteiger partial charge on any atom is 0.347 e. The van der Waals surface area contributed by atoms with Crippen molar-refractivity contribution in [3.8, 4) is 5.75 Å². The lowest BCUT2D eigenvalue weighted by Gasteiger charge is -2.15. The van der Waals surface area contributed by atoms with E-state index in [1.165, 1.54) is 12.8 Å². The van der Waals surface area contributed by atoms with Gasteiger partial charge < -0.3 is 9.47 Å². The second kappa shape index (κ2) is 9.43. The van der Waals surface area contributed by atoms with E-state index in [4.69, 9.17) is 9.47 Å². The fraction of sp³-hybridized carbons (Fsp3) is 0.611. The standard InChI is InChI=1S/C18H28O3/c1-14(2)10-6-5-9-13-20-18(19)16(4)21-17-12-8-7-11-15(17)3/h7-8,11-12,14,16H,5-6,9-10,13H2,1-4H3. The summed E-state index contributed by atoms with van der Waals surface area (Å²) in [4.78, 5) is 11.9. The van der Waals surface area contributed by atoms with Crippen LogP contribution in [-0.2, 0) is 9.53 Å². The number of carbonyl (C=O) groups excluding carboxylic acids is 1. The molecule has 0 fully saturated rings. The van der Waals surface area contributed by atoms with E-state index in [1.54, 1.807) is 6.92 Å². The van der Waals surface area contributed by atoms with Crippen molar-refractivity contribution in [1.29, 1.82) is 0 Å². The van der Waals surface area contributed by atoms with E-state index in [2.05, 4.69) is 13.8 Å². The van der Waals surface area contributed by atoms with Gasteiger partial charge in [0.2, 0.25) is 0 Å². The van der Waals surface area contributed by atoms with Gasteiger partial charge in [0, 0.05) is 0 Å². The SMILES string of the molecule is Cc1ccccc1OC(C)C(=O)OCCCCCC(C)C. The average molecular weight is 292 g/mol. The first-order chi connectivity index (χ1) is 10.0. The molecule has 3 heteroatoms. The molecule has 1 atom stereocenters. The highest BCUT2D eigenvalue weighted by atomic mass is 16.6. The molecule has 118 valence electrons. The number of carbonyl (C=O) groups is 1. The van der Waals surface area contributed by atoms with E-state index in [0.29, 0.717) is 6.61 Å².